The monoisotopic (exact) mass is 287 g/mol. The van der Waals surface area contributed by atoms with Crippen molar-refractivity contribution in [2.45, 2.75) is 12.2 Å². The molecule has 0 saturated heterocycles. The predicted molar refractivity (Wildman–Crippen MR) is 82.8 cm³/mol. The summed E-state index contributed by atoms with van der Waals surface area (Å²) in [5.41, 5.74) is 1.81. The molecule has 1 atom stereocenters. The summed E-state index contributed by atoms with van der Waals surface area (Å²) in [7, 11) is -1.01. The number of para-hydroxylation sites is 1. The molecule has 0 fully saturated rings. The number of hydrogen-bond acceptors (Lipinski definition) is 2. The van der Waals surface area contributed by atoms with E-state index >= 15 is 0 Å². The normalized spacial score (nSPS) is 11.8. The number of amides is 1. The molecule has 2 rings (SSSR count). The van der Waals surface area contributed by atoms with Gasteiger partial charge in [0.05, 0.1) is 0 Å². The molecule has 0 saturated carbocycles. The van der Waals surface area contributed by atoms with Crippen LogP contribution in [0.15, 0.2) is 60.7 Å². The van der Waals surface area contributed by atoms with E-state index in [1.807, 2.05) is 60.7 Å². The van der Waals surface area contributed by atoms with E-state index < -0.39 is 10.8 Å². The summed E-state index contributed by atoms with van der Waals surface area (Å²) < 4.78 is 11.9. The first-order chi connectivity index (χ1) is 9.74. The minimum atomic E-state index is -1.01. The van der Waals surface area contributed by atoms with Crippen molar-refractivity contribution in [2.24, 2.45) is 0 Å². The number of hydrogen-bond donors (Lipinski definition) is 1. The lowest BCUT2D eigenvalue weighted by Gasteiger charge is -2.05. The molecule has 0 bridgehead atoms. The number of nitrogens with one attached hydrogen (secondary N) is 1. The topological polar surface area (TPSA) is 46.2 Å². The number of rotatable bonds is 6. The second kappa shape index (κ2) is 7.60. The lowest BCUT2D eigenvalue weighted by molar-refractivity contribution is -0.115. The van der Waals surface area contributed by atoms with Gasteiger partial charge in [0, 0.05) is 34.4 Å². The summed E-state index contributed by atoms with van der Waals surface area (Å²) in [4.78, 5) is 11.7. The summed E-state index contributed by atoms with van der Waals surface area (Å²) in [6, 6.07) is 19.0. The highest BCUT2D eigenvalue weighted by atomic mass is 32.2. The van der Waals surface area contributed by atoms with Crippen LogP contribution in [0.3, 0.4) is 0 Å². The Kier molecular flexibility index (Phi) is 5.50. The van der Waals surface area contributed by atoms with Gasteiger partial charge in [-0.15, -0.1) is 0 Å². The van der Waals surface area contributed by atoms with E-state index in [-0.39, 0.29) is 12.3 Å². The quantitative estimate of drug-likeness (QED) is 0.888. The van der Waals surface area contributed by atoms with Crippen LogP contribution in [0, 0.1) is 0 Å². The average molecular weight is 287 g/mol. The summed E-state index contributed by atoms with van der Waals surface area (Å²) in [6.07, 6.45) is 0.272. The van der Waals surface area contributed by atoms with Crippen LogP contribution in [0.2, 0.25) is 0 Å². The summed E-state index contributed by atoms with van der Waals surface area (Å²) >= 11 is 0. The highest BCUT2D eigenvalue weighted by Gasteiger charge is 2.06. The third-order valence-corrected chi connectivity index (χ3v) is 4.10. The molecule has 1 N–H and O–H groups in total. The summed E-state index contributed by atoms with van der Waals surface area (Å²) in [5.74, 6) is 0.783. The van der Waals surface area contributed by atoms with Crippen molar-refractivity contribution in [3.8, 4) is 0 Å². The molecule has 2 aromatic carbocycles. The van der Waals surface area contributed by atoms with Gasteiger partial charge in [-0.1, -0.05) is 48.5 Å². The molecule has 4 heteroatoms. The van der Waals surface area contributed by atoms with E-state index in [4.69, 9.17) is 0 Å². The van der Waals surface area contributed by atoms with Crippen molar-refractivity contribution in [2.75, 3.05) is 11.1 Å². The molecule has 20 heavy (non-hydrogen) atoms. The van der Waals surface area contributed by atoms with Crippen molar-refractivity contribution < 1.29 is 9.00 Å². The fourth-order valence-electron chi connectivity index (χ4n) is 1.78. The Morgan fingerprint density at radius 1 is 0.950 bits per heavy atom. The fraction of sp³-hybridized carbons (Fsp3) is 0.188. The van der Waals surface area contributed by atoms with E-state index in [1.165, 1.54) is 0 Å². The van der Waals surface area contributed by atoms with Gasteiger partial charge in [-0.3, -0.25) is 9.00 Å². The summed E-state index contributed by atoms with van der Waals surface area (Å²) in [5, 5.41) is 2.79. The Morgan fingerprint density at radius 3 is 2.20 bits per heavy atom. The minimum Gasteiger partial charge on any atom is -0.326 e. The van der Waals surface area contributed by atoms with Crippen LogP contribution in [0.4, 0.5) is 5.69 Å². The van der Waals surface area contributed by atoms with Gasteiger partial charge in [0.15, 0.2) is 0 Å². The third-order valence-electron chi connectivity index (χ3n) is 2.78. The third kappa shape index (κ3) is 4.97. The smallest absolute Gasteiger partial charge is 0.225 e. The maximum atomic E-state index is 11.9. The van der Waals surface area contributed by atoms with Crippen LogP contribution in [0.1, 0.15) is 12.0 Å². The first-order valence-corrected chi connectivity index (χ1v) is 7.96. The Balaban J connectivity index is 1.75. The molecule has 0 aliphatic rings. The second-order valence-corrected chi connectivity index (χ2v) is 6.01. The van der Waals surface area contributed by atoms with Gasteiger partial charge in [0.25, 0.3) is 0 Å². The maximum absolute atomic E-state index is 11.9. The van der Waals surface area contributed by atoms with Crippen molar-refractivity contribution in [1.29, 1.82) is 0 Å². The summed E-state index contributed by atoms with van der Waals surface area (Å²) in [6.45, 7) is 0. The van der Waals surface area contributed by atoms with E-state index in [9.17, 15) is 9.00 Å². The van der Waals surface area contributed by atoms with E-state index in [0.29, 0.717) is 11.5 Å². The largest absolute Gasteiger partial charge is 0.326 e. The van der Waals surface area contributed by atoms with Crippen LogP contribution in [-0.4, -0.2) is 15.9 Å². The number of carbonyl (C=O) groups excluding carboxylic acids is 1. The molecule has 3 nitrogen and oxygen atoms in total. The van der Waals surface area contributed by atoms with Gasteiger partial charge in [-0.2, -0.15) is 0 Å². The highest BCUT2D eigenvalue weighted by Crippen LogP contribution is 2.07. The van der Waals surface area contributed by atoms with Crippen LogP contribution in [0.5, 0.6) is 0 Å². The van der Waals surface area contributed by atoms with Crippen LogP contribution < -0.4 is 5.32 Å². The van der Waals surface area contributed by atoms with Crippen LogP contribution >= 0.6 is 0 Å². The van der Waals surface area contributed by atoms with Crippen molar-refractivity contribution in [3.05, 3.63) is 66.2 Å². The molecule has 2 aromatic rings. The molecular weight excluding hydrogens is 270 g/mol. The molecule has 0 radical (unpaired) electrons. The average Bonchev–Trinajstić information content (AvgIpc) is 2.47. The Hall–Kier alpha value is -1.94. The zero-order chi connectivity index (χ0) is 14.2. The molecular formula is C16H17NO2S. The minimum absolute atomic E-state index is 0.0994. The van der Waals surface area contributed by atoms with Gasteiger partial charge in [0.1, 0.15) is 0 Å². The molecule has 0 aliphatic carbocycles. The Bertz CT molecular complexity index is 516. The standard InChI is InChI=1S/C16H17NO2S/c18-16(17-15-9-5-2-6-10-15)11-12-20(19)13-14-7-3-1-4-8-14/h1-10H,11-13H2,(H,17,18)/t20-/m0/s1. The number of benzene rings is 2. The van der Waals surface area contributed by atoms with Gasteiger partial charge in [-0.05, 0) is 17.7 Å². The number of anilines is 1. The van der Waals surface area contributed by atoms with E-state index in [2.05, 4.69) is 5.32 Å². The van der Waals surface area contributed by atoms with Crippen LogP contribution in [0.25, 0.3) is 0 Å². The Labute approximate surface area is 121 Å². The van der Waals surface area contributed by atoms with E-state index in [1.54, 1.807) is 0 Å². The SMILES string of the molecule is O=C(CC[S@](=O)Cc1ccccc1)Nc1ccccc1. The first kappa shape index (κ1) is 14.5. The van der Waals surface area contributed by atoms with Gasteiger partial charge in [0.2, 0.25) is 5.91 Å². The van der Waals surface area contributed by atoms with Crippen molar-refractivity contribution in [1.82, 2.24) is 0 Å². The zero-order valence-corrected chi connectivity index (χ0v) is 11.9. The molecule has 0 aliphatic heterocycles. The molecule has 0 heterocycles. The van der Waals surface area contributed by atoms with E-state index in [0.717, 1.165) is 11.3 Å². The lowest BCUT2D eigenvalue weighted by atomic mass is 10.2. The van der Waals surface area contributed by atoms with Crippen LogP contribution in [-0.2, 0) is 21.3 Å². The van der Waals surface area contributed by atoms with Crippen molar-refractivity contribution >= 4 is 22.4 Å². The van der Waals surface area contributed by atoms with Gasteiger partial charge >= 0.3 is 0 Å². The first-order valence-electron chi connectivity index (χ1n) is 6.48. The molecule has 0 aromatic heterocycles. The fourth-order valence-corrected chi connectivity index (χ4v) is 2.91. The maximum Gasteiger partial charge on any atom is 0.225 e. The zero-order valence-electron chi connectivity index (χ0n) is 11.1. The second-order valence-electron chi connectivity index (χ2n) is 4.44. The lowest BCUT2D eigenvalue weighted by Crippen LogP contribution is -2.15. The Morgan fingerprint density at radius 2 is 1.55 bits per heavy atom. The van der Waals surface area contributed by atoms with Gasteiger partial charge in [-0.25, -0.2) is 0 Å². The molecule has 104 valence electrons. The van der Waals surface area contributed by atoms with Gasteiger partial charge < -0.3 is 5.32 Å². The van der Waals surface area contributed by atoms with Crippen molar-refractivity contribution in [3.63, 3.8) is 0 Å². The molecule has 0 unspecified atom stereocenters. The molecule has 1 amide bonds. The highest BCUT2D eigenvalue weighted by molar-refractivity contribution is 7.84. The predicted octanol–water partition coefficient (Wildman–Crippen LogP) is 2.96. The molecule has 0 spiro atoms. The number of carbonyl (C=O) groups is 1.